The summed E-state index contributed by atoms with van der Waals surface area (Å²) in [6, 6.07) is 3.51. The van der Waals surface area contributed by atoms with E-state index in [0.717, 1.165) is 11.8 Å². The van der Waals surface area contributed by atoms with Crippen LogP contribution in [-0.4, -0.2) is 27.8 Å². The maximum absolute atomic E-state index is 12.1. The molecule has 2 N–H and O–H groups in total. The summed E-state index contributed by atoms with van der Waals surface area (Å²) in [5, 5.41) is 9.07. The second-order valence-electron chi connectivity index (χ2n) is 4.28. The SMILES string of the molecule is CC(=O)SC1CC(=O)N(c2cc(N)nc(Br)c2C#N)C1. The molecular weight excluding hydrogens is 344 g/mol. The third-order valence-electron chi connectivity index (χ3n) is 2.80. The predicted octanol–water partition coefficient (Wildman–Crippen LogP) is 1.68. The van der Waals surface area contributed by atoms with Gasteiger partial charge in [0.15, 0.2) is 5.12 Å². The summed E-state index contributed by atoms with van der Waals surface area (Å²) in [4.78, 5) is 28.6. The van der Waals surface area contributed by atoms with Gasteiger partial charge in [0.1, 0.15) is 22.1 Å². The highest BCUT2D eigenvalue weighted by Crippen LogP contribution is 2.33. The quantitative estimate of drug-likeness (QED) is 0.811. The third-order valence-corrected chi connectivity index (χ3v) is 4.35. The zero-order valence-electron chi connectivity index (χ0n) is 10.6. The molecule has 1 unspecified atom stereocenters. The van der Waals surface area contributed by atoms with Crippen LogP contribution in [0.25, 0.3) is 0 Å². The topological polar surface area (TPSA) is 100 Å². The van der Waals surface area contributed by atoms with Gasteiger partial charge in [-0.05, 0) is 15.9 Å². The number of halogens is 1. The van der Waals surface area contributed by atoms with Crippen molar-refractivity contribution in [1.29, 1.82) is 5.26 Å². The fourth-order valence-corrected chi connectivity index (χ4v) is 3.47. The molecule has 0 saturated carbocycles. The van der Waals surface area contributed by atoms with E-state index in [1.807, 2.05) is 6.07 Å². The maximum Gasteiger partial charge on any atom is 0.228 e. The summed E-state index contributed by atoms with van der Waals surface area (Å²) in [7, 11) is 0. The van der Waals surface area contributed by atoms with E-state index in [9.17, 15) is 14.9 Å². The molecule has 1 amide bonds. The molecule has 0 aliphatic carbocycles. The molecule has 0 radical (unpaired) electrons. The molecule has 0 aromatic carbocycles. The molecule has 1 aromatic heterocycles. The molecule has 1 fully saturated rings. The van der Waals surface area contributed by atoms with Crippen LogP contribution in [0.2, 0.25) is 0 Å². The van der Waals surface area contributed by atoms with Gasteiger partial charge >= 0.3 is 0 Å². The number of nitrogens with zero attached hydrogens (tertiary/aromatic N) is 3. The van der Waals surface area contributed by atoms with Crippen LogP contribution in [0.1, 0.15) is 18.9 Å². The van der Waals surface area contributed by atoms with E-state index in [1.165, 1.54) is 17.9 Å². The maximum atomic E-state index is 12.1. The number of nitriles is 1. The van der Waals surface area contributed by atoms with Crippen molar-refractivity contribution in [2.75, 3.05) is 17.2 Å². The third kappa shape index (κ3) is 2.94. The number of nitrogen functional groups attached to an aromatic ring is 1. The number of carbonyl (C=O) groups excluding carboxylic acids is 2. The van der Waals surface area contributed by atoms with E-state index in [1.54, 1.807) is 0 Å². The standard InChI is InChI=1S/C12H11BrN4O2S/c1-6(18)20-7-2-11(19)17(5-7)9-3-10(15)16-12(13)8(9)4-14/h3,7H,2,5H2,1H3,(H2,15,16). The van der Waals surface area contributed by atoms with Gasteiger partial charge in [-0.3, -0.25) is 9.59 Å². The number of aromatic nitrogens is 1. The molecule has 1 aromatic rings. The number of pyridine rings is 1. The lowest BCUT2D eigenvalue weighted by atomic mass is 10.2. The first-order chi connectivity index (χ1) is 9.42. The van der Waals surface area contributed by atoms with Crippen LogP contribution in [0.4, 0.5) is 11.5 Å². The number of hydrogen-bond acceptors (Lipinski definition) is 6. The molecule has 2 rings (SSSR count). The fraction of sp³-hybridized carbons (Fsp3) is 0.333. The van der Waals surface area contributed by atoms with Crippen molar-refractivity contribution in [3.05, 3.63) is 16.2 Å². The molecule has 1 aliphatic rings. The average molecular weight is 355 g/mol. The van der Waals surface area contributed by atoms with E-state index >= 15 is 0 Å². The molecule has 1 aliphatic heterocycles. The van der Waals surface area contributed by atoms with Crippen molar-refractivity contribution in [2.24, 2.45) is 0 Å². The van der Waals surface area contributed by atoms with Gasteiger partial charge in [-0.2, -0.15) is 5.26 Å². The molecule has 1 atom stereocenters. The Bertz CT molecular complexity index is 629. The van der Waals surface area contributed by atoms with Gasteiger partial charge in [0.2, 0.25) is 5.91 Å². The fourth-order valence-electron chi connectivity index (χ4n) is 2.06. The van der Waals surface area contributed by atoms with E-state index in [-0.39, 0.29) is 34.1 Å². The molecule has 20 heavy (non-hydrogen) atoms. The Morgan fingerprint density at radius 1 is 1.70 bits per heavy atom. The highest BCUT2D eigenvalue weighted by molar-refractivity contribution is 9.10. The van der Waals surface area contributed by atoms with E-state index in [4.69, 9.17) is 5.73 Å². The molecular formula is C12H11BrN4O2S. The average Bonchev–Trinajstić information content (AvgIpc) is 2.68. The van der Waals surface area contributed by atoms with Crippen molar-refractivity contribution >= 4 is 50.2 Å². The molecule has 0 spiro atoms. The number of hydrogen-bond donors (Lipinski definition) is 1. The lowest BCUT2D eigenvalue weighted by Gasteiger charge is -2.18. The van der Waals surface area contributed by atoms with Crippen LogP contribution >= 0.6 is 27.7 Å². The first kappa shape index (κ1) is 14.8. The molecule has 1 saturated heterocycles. The summed E-state index contributed by atoms with van der Waals surface area (Å²) in [5.41, 5.74) is 6.36. The van der Waals surface area contributed by atoms with Crippen LogP contribution in [0.5, 0.6) is 0 Å². The largest absolute Gasteiger partial charge is 0.384 e. The van der Waals surface area contributed by atoms with Crippen LogP contribution in [0.3, 0.4) is 0 Å². The Kier molecular flexibility index (Phi) is 4.30. The van der Waals surface area contributed by atoms with Gasteiger partial charge < -0.3 is 10.6 Å². The summed E-state index contributed by atoms with van der Waals surface area (Å²) in [6.45, 7) is 1.85. The van der Waals surface area contributed by atoms with E-state index in [0.29, 0.717) is 16.8 Å². The molecule has 2 heterocycles. The zero-order chi connectivity index (χ0) is 14.9. The highest BCUT2D eigenvalue weighted by atomic mass is 79.9. The van der Waals surface area contributed by atoms with Gasteiger partial charge in [0.25, 0.3) is 0 Å². The first-order valence-corrected chi connectivity index (χ1v) is 7.43. The lowest BCUT2D eigenvalue weighted by molar-refractivity contribution is -0.117. The van der Waals surface area contributed by atoms with Crippen molar-refractivity contribution in [3.63, 3.8) is 0 Å². The van der Waals surface area contributed by atoms with Crippen LogP contribution in [-0.2, 0) is 9.59 Å². The van der Waals surface area contributed by atoms with Gasteiger partial charge in [-0.25, -0.2) is 4.98 Å². The number of rotatable bonds is 2. The second kappa shape index (κ2) is 5.81. The predicted molar refractivity (Wildman–Crippen MR) is 80.1 cm³/mol. The van der Waals surface area contributed by atoms with Crippen LogP contribution in [0.15, 0.2) is 10.7 Å². The van der Waals surface area contributed by atoms with Gasteiger partial charge in [-0.15, -0.1) is 0 Å². The first-order valence-electron chi connectivity index (χ1n) is 5.76. The molecule has 0 bridgehead atoms. The number of amides is 1. The molecule has 104 valence electrons. The van der Waals surface area contributed by atoms with Crippen molar-refractivity contribution in [3.8, 4) is 6.07 Å². The number of anilines is 2. The Morgan fingerprint density at radius 2 is 2.40 bits per heavy atom. The minimum atomic E-state index is -0.127. The van der Waals surface area contributed by atoms with E-state index < -0.39 is 0 Å². The Balaban J connectivity index is 2.35. The lowest BCUT2D eigenvalue weighted by Crippen LogP contribution is -2.26. The number of carbonyl (C=O) groups is 2. The Morgan fingerprint density at radius 3 is 3.00 bits per heavy atom. The Labute approximate surface area is 128 Å². The minimum Gasteiger partial charge on any atom is -0.384 e. The normalized spacial score (nSPS) is 18.1. The smallest absolute Gasteiger partial charge is 0.228 e. The van der Waals surface area contributed by atoms with Crippen LogP contribution in [0, 0.1) is 11.3 Å². The van der Waals surface area contributed by atoms with Crippen molar-refractivity contribution in [2.45, 2.75) is 18.6 Å². The summed E-state index contributed by atoms with van der Waals surface area (Å²) in [5.74, 6) is 0.0964. The van der Waals surface area contributed by atoms with Gasteiger partial charge in [0.05, 0.1) is 5.69 Å². The Hall–Kier alpha value is -1.59. The second-order valence-corrected chi connectivity index (χ2v) is 6.51. The number of nitrogens with two attached hydrogens (primary N) is 1. The van der Waals surface area contributed by atoms with Gasteiger partial charge in [0, 0.05) is 31.2 Å². The van der Waals surface area contributed by atoms with Gasteiger partial charge in [-0.1, -0.05) is 11.8 Å². The number of thioether (sulfide) groups is 1. The van der Waals surface area contributed by atoms with Crippen LogP contribution < -0.4 is 10.6 Å². The molecule has 8 heteroatoms. The summed E-state index contributed by atoms with van der Waals surface area (Å²) in [6.07, 6.45) is 0.273. The monoisotopic (exact) mass is 354 g/mol. The summed E-state index contributed by atoms with van der Waals surface area (Å²) >= 11 is 4.31. The highest BCUT2D eigenvalue weighted by Gasteiger charge is 2.33. The zero-order valence-corrected chi connectivity index (χ0v) is 13.0. The minimum absolute atomic E-state index is 0.0272. The van der Waals surface area contributed by atoms with Crippen molar-refractivity contribution in [1.82, 2.24) is 4.98 Å². The van der Waals surface area contributed by atoms with E-state index in [2.05, 4.69) is 20.9 Å². The molecule has 6 nitrogen and oxygen atoms in total. The van der Waals surface area contributed by atoms with Crippen molar-refractivity contribution < 1.29 is 9.59 Å². The summed E-state index contributed by atoms with van der Waals surface area (Å²) < 4.78 is 0.311.